The summed E-state index contributed by atoms with van der Waals surface area (Å²) in [4.78, 5) is 13.2. The molecule has 6 heteroatoms. The maximum atomic E-state index is 12.5. The van der Waals surface area contributed by atoms with Gasteiger partial charge in [0, 0.05) is 26.4 Å². The molecule has 3 nitrogen and oxygen atoms in total. The summed E-state index contributed by atoms with van der Waals surface area (Å²) in [6, 6.07) is 2.22. The molecule has 0 bridgehead atoms. The SMILES string of the molecule is CN(C)/C=C/C(=O)c1cc(C(F)(F)F)ccc1O. The molecule has 18 heavy (non-hydrogen) atoms. The van der Waals surface area contributed by atoms with Gasteiger partial charge in [0.15, 0.2) is 5.78 Å². The van der Waals surface area contributed by atoms with Crippen LogP contribution in [0.1, 0.15) is 15.9 Å². The van der Waals surface area contributed by atoms with Gasteiger partial charge in [0.05, 0.1) is 11.1 Å². The van der Waals surface area contributed by atoms with Crippen LogP contribution < -0.4 is 0 Å². The fourth-order valence-corrected chi connectivity index (χ4v) is 1.22. The Balaban J connectivity index is 3.12. The largest absolute Gasteiger partial charge is 0.507 e. The first-order chi connectivity index (χ1) is 8.21. The number of carbonyl (C=O) groups excluding carboxylic acids is 1. The van der Waals surface area contributed by atoms with E-state index >= 15 is 0 Å². The molecule has 0 aromatic heterocycles. The minimum Gasteiger partial charge on any atom is -0.507 e. The van der Waals surface area contributed by atoms with Crippen LogP contribution in [-0.4, -0.2) is 29.9 Å². The Morgan fingerprint density at radius 1 is 1.33 bits per heavy atom. The van der Waals surface area contributed by atoms with Crippen molar-refractivity contribution < 1.29 is 23.1 Å². The predicted molar refractivity (Wildman–Crippen MR) is 60.3 cm³/mol. The highest BCUT2D eigenvalue weighted by Crippen LogP contribution is 2.32. The van der Waals surface area contributed by atoms with Gasteiger partial charge in [0.1, 0.15) is 5.75 Å². The predicted octanol–water partition coefficient (Wildman–Crippen LogP) is 2.67. The van der Waals surface area contributed by atoms with Gasteiger partial charge < -0.3 is 10.0 Å². The third-order valence-electron chi connectivity index (χ3n) is 2.11. The number of hydrogen-bond acceptors (Lipinski definition) is 3. The molecule has 0 fully saturated rings. The second kappa shape index (κ2) is 5.12. The fourth-order valence-electron chi connectivity index (χ4n) is 1.22. The highest BCUT2D eigenvalue weighted by atomic mass is 19.4. The van der Waals surface area contributed by atoms with E-state index in [1.54, 1.807) is 19.0 Å². The second-order valence-corrected chi connectivity index (χ2v) is 3.87. The quantitative estimate of drug-likeness (QED) is 0.670. The van der Waals surface area contributed by atoms with Crippen molar-refractivity contribution in [1.82, 2.24) is 4.90 Å². The lowest BCUT2D eigenvalue weighted by molar-refractivity contribution is -0.137. The Bertz CT molecular complexity index is 479. The van der Waals surface area contributed by atoms with Gasteiger partial charge in [-0.1, -0.05) is 0 Å². The van der Waals surface area contributed by atoms with Crippen molar-refractivity contribution in [2.24, 2.45) is 0 Å². The molecule has 1 rings (SSSR count). The van der Waals surface area contributed by atoms with Crippen LogP contribution in [0.4, 0.5) is 13.2 Å². The van der Waals surface area contributed by atoms with Crippen LogP contribution in [-0.2, 0) is 6.18 Å². The Morgan fingerprint density at radius 3 is 2.44 bits per heavy atom. The van der Waals surface area contributed by atoms with Crippen molar-refractivity contribution in [3.05, 3.63) is 41.6 Å². The molecule has 0 aliphatic rings. The summed E-state index contributed by atoms with van der Waals surface area (Å²) in [5.74, 6) is -1.16. The highest BCUT2D eigenvalue weighted by Gasteiger charge is 2.31. The summed E-state index contributed by atoms with van der Waals surface area (Å²) in [7, 11) is 3.32. The molecule has 0 saturated heterocycles. The molecule has 0 spiro atoms. The third-order valence-corrected chi connectivity index (χ3v) is 2.11. The first kappa shape index (κ1) is 14.1. The number of nitrogens with zero attached hydrogens (tertiary/aromatic N) is 1. The zero-order chi connectivity index (χ0) is 13.9. The van der Waals surface area contributed by atoms with Gasteiger partial charge in [-0.05, 0) is 18.2 Å². The Kier molecular flexibility index (Phi) is 4.00. The normalized spacial score (nSPS) is 11.8. The van der Waals surface area contributed by atoms with Crippen LogP contribution >= 0.6 is 0 Å². The Hall–Kier alpha value is -1.98. The molecule has 1 aromatic rings. The highest BCUT2D eigenvalue weighted by molar-refractivity contribution is 6.06. The van der Waals surface area contributed by atoms with E-state index in [0.29, 0.717) is 6.07 Å². The number of phenols is 1. The van der Waals surface area contributed by atoms with E-state index in [1.807, 2.05) is 0 Å². The Labute approximate surface area is 102 Å². The number of rotatable bonds is 3. The minimum atomic E-state index is -4.55. The standard InChI is InChI=1S/C12H12F3NO2/c1-16(2)6-5-11(18)9-7-8(12(13,14)15)3-4-10(9)17/h3-7,17H,1-2H3/b6-5+. The molecular weight excluding hydrogens is 247 g/mol. The van der Waals surface area contributed by atoms with Crippen molar-refractivity contribution in [3.8, 4) is 5.75 Å². The van der Waals surface area contributed by atoms with Crippen LogP contribution in [0.15, 0.2) is 30.5 Å². The van der Waals surface area contributed by atoms with Crippen LogP contribution in [0.2, 0.25) is 0 Å². The maximum Gasteiger partial charge on any atom is 0.416 e. The van der Waals surface area contributed by atoms with Crippen molar-refractivity contribution in [2.75, 3.05) is 14.1 Å². The molecule has 0 heterocycles. The lowest BCUT2D eigenvalue weighted by atomic mass is 10.1. The van der Waals surface area contributed by atoms with Crippen molar-refractivity contribution in [3.63, 3.8) is 0 Å². The molecule has 0 amide bonds. The summed E-state index contributed by atoms with van der Waals surface area (Å²) in [6.45, 7) is 0. The van der Waals surface area contributed by atoms with Gasteiger partial charge in [0.2, 0.25) is 0 Å². The topological polar surface area (TPSA) is 40.5 Å². The number of alkyl halides is 3. The summed E-state index contributed by atoms with van der Waals surface area (Å²) in [6.07, 6.45) is -2.06. The van der Waals surface area contributed by atoms with Crippen LogP contribution in [0.5, 0.6) is 5.75 Å². The molecule has 0 saturated carbocycles. The van der Waals surface area contributed by atoms with E-state index < -0.39 is 23.3 Å². The van der Waals surface area contributed by atoms with Gasteiger partial charge in [-0.15, -0.1) is 0 Å². The molecule has 98 valence electrons. The average Bonchev–Trinajstić information content (AvgIpc) is 2.24. The van der Waals surface area contributed by atoms with Crippen LogP contribution in [0.25, 0.3) is 0 Å². The first-order valence-corrected chi connectivity index (χ1v) is 5.01. The number of hydrogen-bond donors (Lipinski definition) is 1. The molecule has 0 unspecified atom stereocenters. The maximum absolute atomic E-state index is 12.5. The minimum absolute atomic E-state index is 0.372. The van der Waals surface area contributed by atoms with E-state index in [2.05, 4.69) is 0 Å². The molecule has 0 radical (unpaired) electrons. The number of halogens is 3. The summed E-state index contributed by atoms with van der Waals surface area (Å²) < 4.78 is 37.4. The van der Waals surface area contributed by atoms with Gasteiger partial charge in [0.25, 0.3) is 0 Å². The molecule has 0 aliphatic heterocycles. The smallest absolute Gasteiger partial charge is 0.416 e. The number of benzene rings is 1. The van der Waals surface area contributed by atoms with Crippen molar-refractivity contribution in [2.45, 2.75) is 6.18 Å². The third kappa shape index (κ3) is 3.51. The van der Waals surface area contributed by atoms with E-state index in [-0.39, 0.29) is 5.56 Å². The zero-order valence-electron chi connectivity index (χ0n) is 9.82. The number of carbonyl (C=O) groups is 1. The van der Waals surface area contributed by atoms with Crippen molar-refractivity contribution >= 4 is 5.78 Å². The van der Waals surface area contributed by atoms with E-state index in [1.165, 1.54) is 6.20 Å². The summed E-state index contributed by atoms with van der Waals surface area (Å²) >= 11 is 0. The van der Waals surface area contributed by atoms with E-state index in [4.69, 9.17) is 0 Å². The van der Waals surface area contributed by atoms with Crippen molar-refractivity contribution in [1.29, 1.82) is 0 Å². The number of aromatic hydroxyl groups is 1. The average molecular weight is 259 g/mol. The Morgan fingerprint density at radius 2 is 1.94 bits per heavy atom. The monoisotopic (exact) mass is 259 g/mol. The molecule has 1 aromatic carbocycles. The van der Waals surface area contributed by atoms with Gasteiger partial charge in [-0.25, -0.2) is 0 Å². The first-order valence-electron chi connectivity index (χ1n) is 5.01. The number of allylic oxidation sites excluding steroid dienone is 1. The lowest BCUT2D eigenvalue weighted by Gasteiger charge is -2.09. The van der Waals surface area contributed by atoms with Gasteiger partial charge in [-0.2, -0.15) is 13.2 Å². The summed E-state index contributed by atoms with van der Waals surface area (Å²) in [5.41, 5.74) is -1.34. The second-order valence-electron chi connectivity index (χ2n) is 3.87. The number of ketones is 1. The number of phenolic OH excluding ortho intramolecular Hbond substituents is 1. The summed E-state index contributed by atoms with van der Waals surface area (Å²) in [5, 5.41) is 9.40. The van der Waals surface area contributed by atoms with E-state index in [9.17, 15) is 23.1 Å². The van der Waals surface area contributed by atoms with Gasteiger partial charge >= 0.3 is 6.18 Å². The van der Waals surface area contributed by atoms with E-state index in [0.717, 1.165) is 18.2 Å². The van der Waals surface area contributed by atoms with Gasteiger partial charge in [-0.3, -0.25) is 4.79 Å². The van der Waals surface area contributed by atoms with Crippen LogP contribution in [0, 0.1) is 0 Å². The molecule has 1 N–H and O–H groups in total. The molecule has 0 aliphatic carbocycles. The molecular formula is C12H12F3NO2. The zero-order valence-corrected chi connectivity index (χ0v) is 9.82. The molecule has 0 atom stereocenters. The lowest BCUT2D eigenvalue weighted by Crippen LogP contribution is -2.08. The fraction of sp³-hybridized carbons (Fsp3) is 0.250. The van der Waals surface area contributed by atoms with Crippen LogP contribution in [0.3, 0.4) is 0 Å².